The Morgan fingerprint density at radius 2 is 1.23 bits per heavy atom. The van der Waals surface area contributed by atoms with Crippen molar-refractivity contribution in [1.82, 2.24) is 0 Å². The fraction of sp³-hybridized carbons (Fsp3) is 0.714. The predicted molar refractivity (Wildman–Crippen MR) is 72.2 cm³/mol. The summed E-state index contributed by atoms with van der Waals surface area (Å²) in [4.78, 5) is 22.6. The number of hydrogen-bond acceptors (Lipinski definition) is 8. The Balaban J connectivity index is 1.39. The van der Waals surface area contributed by atoms with Gasteiger partial charge >= 0.3 is 11.9 Å². The smallest absolute Gasteiger partial charge is 0.331 e. The summed E-state index contributed by atoms with van der Waals surface area (Å²) in [6.07, 6.45) is 2.41. The van der Waals surface area contributed by atoms with Crippen LogP contribution in [-0.4, -0.2) is 77.0 Å². The molecular formula is C14H20O8. The van der Waals surface area contributed by atoms with Crippen LogP contribution in [0, 0.1) is 0 Å². The molecule has 8 nitrogen and oxygen atoms in total. The molecular weight excluding hydrogens is 296 g/mol. The first kappa shape index (κ1) is 16.9. The number of rotatable bonds is 12. The lowest BCUT2D eigenvalue weighted by Crippen LogP contribution is -2.13. The first-order valence-electron chi connectivity index (χ1n) is 7.14. The first-order chi connectivity index (χ1) is 10.7. The minimum Gasteiger partial charge on any atom is -0.460 e. The molecule has 2 fully saturated rings. The highest BCUT2D eigenvalue weighted by Gasteiger charge is 2.22. The van der Waals surface area contributed by atoms with Crippen molar-refractivity contribution < 1.29 is 38.0 Å². The molecule has 2 rings (SSSR count). The molecule has 124 valence electrons. The van der Waals surface area contributed by atoms with Crippen LogP contribution in [0.5, 0.6) is 0 Å². The first-order valence-corrected chi connectivity index (χ1v) is 7.14. The predicted octanol–water partition coefficient (Wildman–Crippen LogP) is -0.540. The standard InChI is InChI=1S/C14H20O8/c15-13(19-5-3-17-7-11-9-21-11)1-2-14(16)20-6-4-18-8-12-10-22-12/h1-2,11-12H,3-10H2. The van der Waals surface area contributed by atoms with Crippen LogP contribution in [0.2, 0.25) is 0 Å². The van der Waals surface area contributed by atoms with Crippen molar-refractivity contribution in [3.05, 3.63) is 12.2 Å². The van der Waals surface area contributed by atoms with Gasteiger partial charge in [-0.1, -0.05) is 0 Å². The van der Waals surface area contributed by atoms with E-state index in [1.165, 1.54) is 0 Å². The quantitative estimate of drug-likeness (QED) is 0.205. The highest BCUT2D eigenvalue weighted by atomic mass is 16.6. The number of ether oxygens (including phenoxy) is 6. The van der Waals surface area contributed by atoms with Gasteiger partial charge in [-0.2, -0.15) is 0 Å². The maximum Gasteiger partial charge on any atom is 0.331 e. The third-order valence-corrected chi connectivity index (χ3v) is 2.71. The molecule has 2 aliphatic heterocycles. The van der Waals surface area contributed by atoms with Crippen LogP contribution in [0.15, 0.2) is 12.2 Å². The lowest BCUT2D eigenvalue weighted by molar-refractivity contribution is -0.142. The molecule has 22 heavy (non-hydrogen) atoms. The van der Waals surface area contributed by atoms with Gasteiger partial charge in [0.15, 0.2) is 0 Å². The highest BCUT2D eigenvalue weighted by Crippen LogP contribution is 2.08. The van der Waals surface area contributed by atoms with Gasteiger partial charge in [-0.15, -0.1) is 0 Å². The molecule has 2 aliphatic rings. The summed E-state index contributed by atoms with van der Waals surface area (Å²) >= 11 is 0. The molecule has 0 aromatic carbocycles. The van der Waals surface area contributed by atoms with E-state index in [0.29, 0.717) is 26.4 Å². The number of epoxide rings is 2. The van der Waals surface area contributed by atoms with E-state index < -0.39 is 11.9 Å². The minimum atomic E-state index is -0.620. The molecule has 2 heterocycles. The summed E-state index contributed by atoms with van der Waals surface area (Å²) in [6, 6.07) is 0. The number of esters is 2. The topological polar surface area (TPSA) is 96.1 Å². The van der Waals surface area contributed by atoms with E-state index >= 15 is 0 Å². The molecule has 0 bridgehead atoms. The molecule has 8 heteroatoms. The average molecular weight is 316 g/mol. The summed E-state index contributed by atoms with van der Waals surface area (Å²) in [5.41, 5.74) is 0. The van der Waals surface area contributed by atoms with Gasteiger partial charge in [0.25, 0.3) is 0 Å². The van der Waals surface area contributed by atoms with E-state index in [2.05, 4.69) is 0 Å². The molecule has 2 saturated heterocycles. The van der Waals surface area contributed by atoms with E-state index in [-0.39, 0.29) is 25.4 Å². The van der Waals surface area contributed by atoms with E-state index in [9.17, 15) is 9.59 Å². The van der Waals surface area contributed by atoms with Crippen LogP contribution in [0.4, 0.5) is 0 Å². The zero-order valence-electron chi connectivity index (χ0n) is 12.2. The fourth-order valence-electron chi connectivity index (χ4n) is 1.39. The molecule has 0 N–H and O–H groups in total. The molecule has 0 aliphatic carbocycles. The molecule has 0 amide bonds. The van der Waals surface area contributed by atoms with E-state index in [0.717, 1.165) is 25.4 Å². The molecule has 0 saturated carbocycles. The molecule has 2 atom stereocenters. The van der Waals surface area contributed by atoms with Gasteiger partial charge in [0.2, 0.25) is 0 Å². The number of carbonyl (C=O) groups is 2. The van der Waals surface area contributed by atoms with Gasteiger partial charge in [0, 0.05) is 12.2 Å². The summed E-state index contributed by atoms with van der Waals surface area (Å²) < 4.78 is 30.0. The third kappa shape index (κ3) is 8.73. The second-order valence-corrected chi connectivity index (χ2v) is 4.73. The lowest BCUT2D eigenvalue weighted by atomic mass is 10.5. The van der Waals surface area contributed by atoms with Crippen molar-refractivity contribution in [3.8, 4) is 0 Å². The Kier molecular flexibility index (Phi) is 7.31. The average Bonchev–Trinajstić information content (AvgIpc) is 3.38. The van der Waals surface area contributed by atoms with Gasteiger partial charge in [-0.05, 0) is 0 Å². The van der Waals surface area contributed by atoms with E-state index in [1.807, 2.05) is 0 Å². The molecule has 0 radical (unpaired) electrons. The van der Waals surface area contributed by atoms with Crippen LogP contribution >= 0.6 is 0 Å². The number of carbonyl (C=O) groups excluding carboxylic acids is 2. The Labute approximate surface area is 128 Å². The Morgan fingerprint density at radius 3 is 1.59 bits per heavy atom. The van der Waals surface area contributed by atoms with Gasteiger partial charge in [0.1, 0.15) is 25.4 Å². The van der Waals surface area contributed by atoms with Crippen molar-refractivity contribution in [2.45, 2.75) is 12.2 Å². The van der Waals surface area contributed by atoms with Crippen molar-refractivity contribution in [1.29, 1.82) is 0 Å². The van der Waals surface area contributed by atoms with Crippen LogP contribution in [-0.2, 0) is 38.0 Å². The van der Waals surface area contributed by atoms with Gasteiger partial charge < -0.3 is 28.4 Å². The Morgan fingerprint density at radius 1 is 0.818 bits per heavy atom. The molecule has 0 aromatic heterocycles. The summed E-state index contributed by atoms with van der Waals surface area (Å²) in [6.45, 7) is 3.32. The Hall–Kier alpha value is -1.48. The van der Waals surface area contributed by atoms with Crippen LogP contribution in [0.1, 0.15) is 0 Å². The maximum absolute atomic E-state index is 11.3. The van der Waals surface area contributed by atoms with Crippen molar-refractivity contribution in [2.75, 3.05) is 52.9 Å². The Bertz CT molecular complexity index is 350. The minimum absolute atomic E-state index is 0.127. The fourth-order valence-corrected chi connectivity index (χ4v) is 1.39. The van der Waals surface area contributed by atoms with Crippen molar-refractivity contribution >= 4 is 11.9 Å². The second kappa shape index (κ2) is 9.52. The second-order valence-electron chi connectivity index (χ2n) is 4.73. The summed E-state index contributed by atoms with van der Waals surface area (Å²) in [5, 5.41) is 0. The van der Waals surface area contributed by atoms with Crippen molar-refractivity contribution in [2.24, 2.45) is 0 Å². The highest BCUT2D eigenvalue weighted by molar-refractivity contribution is 5.91. The SMILES string of the molecule is O=C(C=CC(=O)OCCOCC1CO1)OCCOCC1CO1. The largest absolute Gasteiger partial charge is 0.460 e. The van der Waals surface area contributed by atoms with Gasteiger partial charge in [-0.25, -0.2) is 9.59 Å². The lowest BCUT2D eigenvalue weighted by Gasteiger charge is -2.03. The van der Waals surface area contributed by atoms with E-state index in [1.54, 1.807) is 0 Å². The summed E-state index contributed by atoms with van der Waals surface area (Å²) in [5.74, 6) is -1.24. The zero-order valence-corrected chi connectivity index (χ0v) is 12.2. The normalized spacial score (nSPS) is 22.5. The zero-order chi connectivity index (χ0) is 15.6. The molecule has 0 spiro atoms. The van der Waals surface area contributed by atoms with Gasteiger partial charge in [0.05, 0.1) is 39.6 Å². The van der Waals surface area contributed by atoms with Crippen LogP contribution < -0.4 is 0 Å². The monoisotopic (exact) mass is 316 g/mol. The van der Waals surface area contributed by atoms with Crippen LogP contribution in [0.25, 0.3) is 0 Å². The summed E-state index contributed by atoms with van der Waals surface area (Å²) in [7, 11) is 0. The maximum atomic E-state index is 11.3. The number of hydrogen-bond donors (Lipinski definition) is 0. The van der Waals surface area contributed by atoms with Crippen molar-refractivity contribution in [3.63, 3.8) is 0 Å². The van der Waals surface area contributed by atoms with Crippen LogP contribution in [0.3, 0.4) is 0 Å². The van der Waals surface area contributed by atoms with Gasteiger partial charge in [-0.3, -0.25) is 0 Å². The molecule has 0 aromatic rings. The third-order valence-electron chi connectivity index (χ3n) is 2.71. The van der Waals surface area contributed by atoms with E-state index in [4.69, 9.17) is 28.4 Å². The molecule has 2 unspecified atom stereocenters.